The molecule has 5 nitrogen and oxygen atoms in total. The third kappa shape index (κ3) is 3.35. The largest absolute Gasteiger partial charge is 0.329 e. The van der Waals surface area contributed by atoms with Gasteiger partial charge in [0, 0.05) is 25.7 Å². The molecule has 0 aromatic carbocycles. The molecule has 0 amide bonds. The molecule has 0 bridgehead atoms. The topological polar surface area (TPSA) is 75.4 Å². The molecule has 116 valence electrons. The minimum Gasteiger partial charge on any atom is -0.329 e. The van der Waals surface area contributed by atoms with E-state index in [9.17, 15) is 8.42 Å². The van der Waals surface area contributed by atoms with Crippen LogP contribution < -0.4 is 10.5 Å². The van der Waals surface area contributed by atoms with E-state index in [0.717, 1.165) is 31.1 Å². The number of hydrogen-bond donors (Lipinski definition) is 2. The summed E-state index contributed by atoms with van der Waals surface area (Å²) in [4.78, 5) is 0. The zero-order chi connectivity index (χ0) is 14.2. The average Bonchev–Trinajstić information content (AvgIpc) is 3.32. The molecule has 2 aliphatic carbocycles. The standard InChI is InChI=1S/C14H27N3O2S/c15-9-13-3-1-2-8-17(13)20(18,19)16-10-14(11-4-5-11)12-6-7-12/h11-14,16H,1-10,15H2. The molecule has 2 saturated carbocycles. The molecule has 3 aliphatic rings. The monoisotopic (exact) mass is 301 g/mol. The van der Waals surface area contributed by atoms with Crippen molar-refractivity contribution < 1.29 is 8.42 Å². The van der Waals surface area contributed by atoms with Gasteiger partial charge in [-0.15, -0.1) is 0 Å². The van der Waals surface area contributed by atoms with Gasteiger partial charge in [0.25, 0.3) is 10.2 Å². The van der Waals surface area contributed by atoms with Gasteiger partial charge in [-0.1, -0.05) is 6.42 Å². The summed E-state index contributed by atoms with van der Waals surface area (Å²) in [5.74, 6) is 2.12. The van der Waals surface area contributed by atoms with Gasteiger partial charge in [-0.05, 0) is 56.3 Å². The molecule has 0 spiro atoms. The van der Waals surface area contributed by atoms with E-state index in [1.807, 2.05) is 0 Å². The second kappa shape index (κ2) is 5.91. The Balaban J connectivity index is 1.59. The number of nitrogens with one attached hydrogen (secondary N) is 1. The van der Waals surface area contributed by atoms with Crippen LogP contribution in [0.5, 0.6) is 0 Å². The SMILES string of the molecule is NCC1CCCCN1S(=O)(=O)NCC(C1CC1)C1CC1. The van der Waals surface area contributed by atoms with Crippen molar-refractivity contribution in [2.24, 2.45) is 23.5 Å². The highest BCUT2D eigenvalue weighted by atomic mass is 32.2. The van der Waals surface area contributed by atoms with Crippen LogP contribution in [0.3, 0.4) is 0 Å². The summed E-state index contributed by atoms with van der Waals surface area (Å²) in [6.07, 6.45) is 8.09. The van der Waals surface area contributed by atoms with Crippen molar-refractivity contribution in [2.75, 3.05) is 19.6 Å². The highest BCUT2D eigenvalue weighted by molar-refractivity contribution is 7.87. The summed E-state index contributed by atoms with van der Waals surface area (Å²) in [5, 5.41) is 0. The molecule has 3 fully saturated rings. The van der Waals surface area contributed by atoms with Gasteiger partial charge in [0.05, 0.1) is 0 Å². The van der Waals surface area contributed by atoms with E-state index < -0.39 is 10.2 Å². The van der Waals surface area contributed by atoms with Gasteiger partial charge in [0.1, 0.15) is 0 Å². The fourth-order valence-corrected chi connectivity index (χ4v) is 5.10. The molecule has 1 saturated heterocycles. The van der Waals surface area contributed by atoms with Crippen LogP contribution in [-0.4, -0.2) is 38.4 Å². The Hall–Kier alpha value is -0.170. The van der Waals surface area contributed by atoms with Crippen molar-refractivity contribution in [3.8, 4) is 0 Å². The second-order valence-corrected chi connectivity index (χ2v) is 8.40. The Labute approximate surface area is 122 Å². The highest BCUT2D eigenvalue weighted by Gasteiger charge is 2.42. The van der Waals surface area contributed by atoms with Crippen LogP contribution in [0.1, 0.15) is 44.9 Å². The van der Waals surface area contributed by atoms with Crippen LogP contribution in [0, 0.1) is 17.8 Å². The smallest absolute Gasteiger partial charge is 0.279 e. The van der Waals surface area contributed by atoms with Crippen molar-refractivity contribution in [3.63, 3.8) is 0 Å². The van der Waals surface area contributed by atoms with Crippen molar-refractivity contribution in [3.05, 3.63) is 0 Å². The Bertz CT molecular complexity index is 420. The lowest BCUT2D eigenvalue weighted by Crippen LogP contribution is -2.52. The fraction of sp³-hybridized carbons (Fsp3) is 1.00. The van der Waals surface area contributed by atoms with E-state index in [1.165, 1.54) is 25.7 Å². The maximum atomic E-state index is 12.5. The van der Waals surface area contributed by atoms with Crippen LogP contribution in [0.4, 0.5) is 0 Å². The van der Waals surface area contributed by atoms with E-state index >= 15 is 0 Å². The zero-order valence-electron chi connectivity index (χ0n) is 12.1. The van der Waals surface area contributed by atoms with Gasteiger partial charge in [0.2, 0.25) is 0 Å². The van der Waals surface area contributed by atoms with Gasteiger partial charge in [-0.25, -0.2) is 4.72 Å². The maximum Gasteiger partial charge on any atom is 0.279 e. The molecular weight excluding hydrogens is 274 g/mol. The molecule has 3 N–H and O–H groups in total. The molecule has 0 radical (unpaired) electrons. The summed E-state index contributed by atoms with van der Waals surface area (Å²) < 4.78 is 29.5. The fourth-order valence-electron chi connectivity index (χ4n) is 3.58. The van der Waals surface area contributed by atoms with Crippen molar-refractivity contribution in [2.45, 2.75) is 51.0 Å². The van der Waals surface area contributed by atoms with Gasteiger partial charge in [0.15, 0.2) is 0 Å². The van der Waals surface area contributed by atoms with Gasteiger partial charge < -0.3 is 5.73 Å². The molecule has 0 aromatic heterocycles. The van der Waals surface area contributed by atoms with E-state index in [2.05, 4.69) is 4.72 Å². The van der Waals surface area contributed by atoms with Crippen LogP contribution in [0.2, 0.25) is 0 Å². The van der Waals surface area contributed by atoms with E-state index in [0.29, 0.717) is 25.6 Å². The number of nitrogens with zero attached hydrogens (tertiary/aromatic N) is 1. The molecule has 3 rings (SSSR count). The van der Waals surface area contributed by atoms with Gasteiger partial charge >= 0.3 is 0 Å². The third-order valence-electron chi connectivity index (χ3n) is 5.11. The van der Waals surface area contributed by atoms with Crippen molar-refractivity contribution in [1.82, 2.24) is 9.03 Å². The molecule has 1 unspecified atom stereocenters. The lowest BCUT2D eigenvalue weighted by atomic mass is 9.99. The highest BCUT2D eigenvalue weighted by Crippen LogP contribution is 2.48. The molecule has 20 heavy (non-hydrogen) atoms. The van der Waals surface area contributed by atoms with Crippen LogP contribution in [-0.2, 0) is 10.2 Å². The van der Waals surface area contributed by atoms with Crippen molar-refractivity contribution in [1.29, 1.82) is 0 Å². The van der Waals surface area contributed by atoms with Gasteiger partial charge in [-0.3, -0.25) is 0 Å². The van der Waals surface area contributed by atoms with Crippen molar-refractivity contribution >= 4 is 10.2 Å². The minimum absolute atomic E-state index is 0.0125. The first-order valence-electron chi connectivity index (χ1n) is 8.08. The Morgan fingerprint density at radius 1 is 1.10 bits per heavy atom. The molecule has 6 heteroatoms. The van der Waals surface area contributed by atoms with E-state index in [1.54, 1.807) is 4.31 Å². The lowest BCUT2D eigenvalue weighted by molar-refractivity contribution is 0.252. The number of hydrogen-bond acceptors (Lipinski definition) is 3. The molecule has 1 aliphatic heterocycles. The maximum absolute atomic E-state index is 12.5. The summed E-state index contributed by atoms with van der Waals surface area (Å²) in [7, 11) is -3.35. The summed E-state index contributed by atoms with van der Waals surface area (Å²) in [5.41, 5.74) is 5.73. The Morgan fingerprint density at radius 2 is 1.75 bits per heavy atom. The number of rotatable bonds is 7. The average molecular weight is 301 g/mol. The molecular formula is C14H27N3O2S. The summed E-state index contributed by atoms with van der Waals surface area (Å²) >= 11 is 0. The van der Waals surface area contributed by atoms with Crippen LogP contribution in [0.15, 0.2) is 0 Å². The number of piperidine rings is 1. The Morgan fingerprint density at radius 3 is 2.30 bits per heavy atom. The lowest BCUT2D eigenvalue weighted by Gasteiger charge is -2.34. The quantitative estimate of drug-likeness (QED) is 0.738. The predicted octanol–water partition coefficient (Wildman–Crippen LogP) is 1.07. The van der Waals surface area contributed by atoms with E-state index in [-0.39, 0.29) is 6.04 Å². The number of nitrogens with two attached hydrogens (primary N) is 1. The first-order chi connectivity index (χ1) is 9.62. The molecule has 1 atom stereocenters. The Kier molecular flexibility index (Phi) is 4.36. The van der Waals surface area contributed by atoms with Crippen LogP contribution in [0.25, 0.3) is 0 Å². The summed E-state index contributed by atoms with van der Waals surface area (Å²) in [6, 6.07) is -0.0125. The minimum atomic E-state index is -3.35. The summed E-state index contributed by atoms with van der Waals surface area (Å²) in [6.45, 7) is 1.68. The molecule has 0 aromatic rings. The van der Waals surface area contributed by atoms with Gasteiger partial charge in [-0.2, -0.15) is 12.7 Å². The van der Waals surface area contributed by atoms with E-state index in [4.69, 9.17) is 5.73 Å². The predicted molar refractivity (Wildman–Crippen MR) is 79.3 cm³/mol. The second-order valence-electron chi connectivity index (χ2n) is 6.69. The normalized spacial score (nSPS) is 29.0. The zero-order valence-corrected chi connectivity index (χ0v) is 12.9. The first kappa shape index (κ1) is 14.8. The first-order valence-corrected chi connectivity index (χ1v) is 9.52. The third-order valence-corrected chi connectivity index (χ3v) is 6.74. The molecule has 1 heterocycles. The van der Waals surface area contributed by atoms with Crippen LogP contribution >= 0.6 is 0 Å².